The predicted molar refractivity (Wildman–Crippen MR) is 121 cm³/mol. The fraction of sp³-hybridized carbons (Fsp3) is 0.391. The van der Waals surface area contributed by atoms with Crippen molar-refractivity contribution >= 4 is 29.3 Å². The number of alkyl halides is 2. The highest BCUT2D eigenvalue weighted by Crippen LogP contribution is 2.35. The van der Waals surface area contributed by atoms with Crippen molar-refractivity contribution in [2.45, 2.75) is 39.3 Å². The van der Waals surface area contributed by atoms with E-state index in [4.69, 9.17) is 16.3 Å². The number of ether oxygens (including phenoxy) is 1. The van der Waals surface area contributed by atoms with E-state index in [9.17, 15) is 23.2 Å². The number of amides is 3. The third-order valence-corrected chi connectivity index (χ3v) is 5.56. The minimum Gasteiger partial charge on any atom is -0.486 e. The summed E-state index contributed by atoms with van der Waals surface area (Å²) in [7, 11) is 0. The second-order valence-corrected chi connectivity index (χ2v) is 8.49. The van der Waals surface area contributed by atoms with Gasteiger partial charge in [0.15, 0.2) is 6.61 Å². The van der Waals surface area contributed by atoms with Crippen LogP contribution in [0.1, 0.15) is 58.8 Å². The van der Waals surface area contributed by atoms with Gasteiger partial charge in [-0.3, -0.25) is 19.4 Å². The van der Waals surface area contributed by atoms with Crippen molar-refractivity contribution < 1.29 is 27.9 Å². The Labute approximate surface area is 200 Å². The molecule has 1 aliphatic rings. The highest BCUT2D eigenvalue weighted by Gasteiger charge is 2.35. The summed E-state index contributed by atoms with van der Waals surface area (Å²) in [5.74, 6) is -3.78. The van der Waals surface area contributed by atoms with Gasteiger partial charge >= 0.3 is 0 Å². The van der Waals surface area contributed by atoms with Gasteiger partial charge in [0.1, 0.15) is 11.4 Å². The summed E-state index contributed by atoms with van der Waals surface area (Å²) >= 11 is 6.22. The molecule has 2 N–H and O–H groups in total. The van der Waals surface area contributed by atoms with Crippen molar-refractivity contribution in [1.29, 1.82) is 0 Å². The van der Waals surface area contributed by atoms with Gasteiger partial charge in [0.2, 0.25) is 5.91 Å². The first-order valence-corrected chi connectivity index (χ1v) is 11.0. The van der Waals surface area contributed by atoms with Crippen LogP contribution in [0.3, 0.4) is 0 Å². The van der Waals surface area contributed by atoms with E-state index in [-0.39, 0.29) is 47.9 Å². The lowest BCUT2D eigenvalue weighted by Crippen LogP contribution is -2.34. The van der Waals surface area contributed by atoms with E-state index in [1.165, 1.54) is 19.2 Å². The van der Waals surface area contributed by atoms with Gasteiger partial charge in [-0.25, -0.2) is 8.78 Å². The van der Waals surface area contributed by atoms with Gasteiger partial charge in [-0.1, -0.05) is 17.7 Å². The molecule has 2 aromatic rings. The molecule has 8 nitrogen and oxygen atoms in total. The molecule has 0 bridgehead atoms. The van der Waals surface area contributed by atoms with Crippen molar-refractivity contribution in [2.75, 3.05) is 19.7 Å². The molecule has 34 heavy (non-hydrogen) atoms. The number of carbonyl (C=O) groups is 3. The van der Waals surface area contributed by atoms with Crippen molar-refractivity contribution in [2.24, 2.45) is 0 Å². The molecule has 0 aliphatic carbocycles. The number of carbonyl (C=O) groups excluding carboxylic acids is 3. The molecular weight excluding hydrogens is 470 g/mol. The van der Waals surface area contributed by atoms with Gasteiger partial charge in [-0.15, -0.1) is 0 Å². The topological polar surface area (TPSA) is 101 Å². The van der Waals surface area contributed by atoms with Crippen LogP contribution in [-0.2, 0) is 11.3 Å². The third-order valence-electron chi connectivity index (χ3n) is 5.26. The van der Waals surface area contributed by atoms with Gasteiger partial charge in [0.25, 0.3) is 17.7 Å². The molecule has 0 radical (unpaired) electrons. The summed E-state index contributed by atoms with van der Waals surface area (Å²) in [6, 6.07) is 5.86. The van der Waals surface area contributed by atoms with Crippen LogP contribution >= 0.6 is 11.6 Å². The lowest BCUT2D eigenvalue weighted by molar-refractivity contribution is -0.118. The van der Waals surface area contributed by atoms with E-state index in [0.29, 0.717) is 16.7 Å². The maximum Gasteiger partial charge on any atom is 0.278 e. The smallest absolute Gasteiger partial charge is 0.278 e. The Balaban J connectivity index is 1.73. The van der Waals surface area contributed by atoms with Crippen LogP contribution < -0.4 is 15.4 Å². The Morgan fingerprint density at radius 2 is 1.97 bits per heavy atom. The second kappa shape index (κ2) is 10.3. The Hall–Kier alpha value is -3.27. The number of hydrogen-bond donors (Lipinski definition) is 2. The van der Waals surface area contributed by atoms with Crippen molar-refractivity contribution in [3.05, 3.63) is 57.9 Å². The average Bonchev–Trinajstić information content (AvgIpc) is 3.11. The molecule has 1 aromatic carbocycles. The maximum absolute atomic E-state index is 13.1. The first-order chi connectivity index (χ1) is 16.0. The molecule has 11 heteroatoms. The largest absolute Gasteiger partial charge is 0.486 e. The Morgan fingerprint density at radius 1 is 1.26 bits per heavy atom. The predicted octanol–water partition coefficient (Wildman–Crippen LogP) is 3.35. The van der Waals surface area contributed by atoms with Crippen LogP contribution in [0.25, 0.3) is 0 Å². The van der Waals surface area contributed by atoms with Crippen molar-refractivity contribution in [3.63, 3.8) is 0 Å². The van der Waals surface area contributed by atoms with Crippen LogP contribution in [0.15, 0.2) is 30.5 Å². The summed E-state index contributed by atoms with van der Waals surface area (Å²) in [4.78, 5) is 42.4. The number of aromatic nitrogens is 1. The van der Waals surface area contributed by atoms with Gasteiger partial charge in [-0.2, -0.15) is 0 Å². The van der Waals surface area contributed by atoms with E-state index in [1.807, 2.05) is 0 Å². The van der Waals surface area contributed by atoms with E-state index in [2.05, 4.69) is 15.6 Å². The number of nitrogens with zero attached hydrogens (tertiary/aromatic N) is 2. The average molecular weight is 495 g/mol. The zero-order valence-corrected chi connectivity index (χ0v) is 19.7. The summed E-state index contributed by atoms with van der Waals surface area (Å²) in [5.41, 5.74) is 1.71. The van der Waals surface area contributed by atoms with Crippen molar-refractivity contribution in [3.8, 4) is 5.75 Å². The molecule has 0 saturated carbocycles. The van der Waals surface area contributed by atoms with E-state index < -0.39 is 24.5 Å². The van der Waals surface area contributed by atoms with Crippen LogP contribution in [-0.4, -0.2) is 53.2 Å². The molecule has 3 amide bonds. The number of nitrogens with one attached hydrogen (secondary N) is 2. The fourth-order valence-electron chi connectivity index (χ4n) is 3.53. The Morgan fingerprint density at radius 3 is 2.62 bits per heavy atom. The van der Waals surface area contributed by atoms with Crippen LogP contribution in [0.4, 0.5) is 8.78 Å². The van der Waals surface area contributed by atoms with Gasteiger partial charge in [-0.05, 0) is 30.7 Å². The van der Waals surface area contributed by atoms with Gasteiger partial charge in [0, 0.05) is 50.8 Å². The van der Waals surface area contributed by atoms with Crippen LogP contribution in [0.2, 0.25) is 5.02 Å². The summed E-state index contributed by atoms with van der Waals surface area (Å²) in [6.07, 6.45) is 1.40. The van der Waals surface area contributed by atoms with E-state index in [1.54, 1.807) is 30.0 Å². The van der Waals surface area contributed by atoms with Crippen LogP contribution in [0, 0.1) is 0 Å². The van der Waals surface area contributed by atoms with Crippen LogP contribution in [0.5, 0.6) is 5.75 Å². The van der Waals surface area contributed by atoms with Crippen molar-refractivity contribution in [1.82, 2.24) is 20.5 Å². The Bertz CT molecular complexity index is 1110. The van der Waals surface area contributed by atoms with E-state index in [0.717, 1.165) is 6.92 Å². The number of rotatable bonds is 9. The maximum atomic E-state index is 13.1. The number of hydrogen-bond acceptors (Lipinski definition) is 5. The minimum atomic E-state index is -3.00. The monoisotopic (exact) mass is 494 g/mol. The minimum absolute atomic E-state index is 0.123. The Kier molecular flexibility index (Phi) is 7.71. The van der Waals surface area contributed by atoms with E-state index >= 15 is 0 Å². The fourth-order valence-corrected chi connectivity index (χ4v) is 3.78. The highest BCUT2D eigenvalue weighted by atomic mass is 35.5. The molecule has 1 atom stereocenters. The molecule has 1 aliphatic heterocycles. The second-order valence-electron chi connectivity index (χ2n) is 8.08. The molecule has 182 valence electrons. The molecular formula is C23H25ClF2N4O4. The lowest BCUT2D eigenvalue weighted by Gasteiger charge is -2.25. The highest BCUT2D eigenvalue weighted by molar-refractivity contribution is 6.32. The molecule has 1 unspecified atom stereocenters. The third kappa shape index (κ3) is 5.99. The SMILES string of the molecule is CC(=O)NCCNC(=O)c1nccc2c1CN(C(C)c1ccc(OCC(C)(F)F)c(Cl)c1)C2=O. The number of fused-ring (bicyclic) bond motifs is 1. The first-order valence-electron chi connectivity index (χ1n) is 10.6. The normalized spacial score (nSPS) is 13.9. The summed E-state index contributed by atoms with van der Waals surface area (Å²) in [5, 5.41) is 5.41. The quantitative estimate of drug-likeness (QED) is 0.521. The number of pyridine rings is 1. The zero-order chi connectivity index (χ0) is 25.0. The molecule has 2 heterocycles. The van der Waals surface area contributed by atoms with Gasteiger partial charge in [0.05, 0.1) is 11.1 Å². The number of benzene rings is 1. The van der Waals surface area contributed by atoms with Gasteiger partial charge < -0.3 is 20.3 Å². The number of halogens is 3. The lowest BCUT2D eigenvalue weighted by atomic mass is 10.1. The molecule has 0 spiro atoms. The molecule has 0 fully saturated rings. The molecule has 3 rings (SSSR count). The summed E-state index contributed by atoms with van der Waals surface area (Å²) < 4.78 is 31.2. The zero-order valence-electron chi connectivity index (χ0n) is 19.0. The molecule has 1 aromatic heterocycles. The standard InChI is InChI=1S/C23H25ClF2N4O4/c1-13(15-4-5-19(18(24)10-15)34-12-23(3,25)26)30-11-17-16(22(30)33)6-7-28-20(17)21(32)29-9-8-27-14(2)31/h4-7,10,13H,8-9,11-12H2,1-3H3,(H,27,31)(H,29,32). The summed E-state index contributed by atoms with van der Waals surface area (Å²) in [6.45, 7) is 3.78. The molecule has 0 saturated heterocycles. The first kappa shape index (κ1) is 25.4.